The van der Waals surface area contributed by atoms with Crippen molar-refractivity contribution in [2.45, 2.75) is 19.9 Å². The molecule has 0 fully saturated rings. The number of hydrogen-bond donors (Lipinski definition) is 1. The normalized spacial score (nSPS) is 10.4. The van der Waals surface area contributed by atoms with Gasteiger partial charge in [0.25, 0.3) is 0 Å². The molecule has 0 spiro atoms. The van der Waals surface area contributed by atoms with Crippen LogP contribution in [0.2, 0.25) is 0 Å². The van der Waals surface area contributed by atoms with Crippen LogP contribution < -0.4 is 10.1 Å². The second kappa shape index (κ2) is 6.90. The van der Waals surface area contributed by atoms with Crippen LogP contribution in [-0.2, 0) is 6.54 Å². The Hall–Kier alpha value is -1.87. The molecule has 0 aliphatic heterocycles. The highest BCUT2D eigenvalue weighted by Gasteiger charge is 2.06. The molecule has 1 aromatic heterocycles. The van der Waals surface area contributed by atoms with Crippen LogP contribution in [-0.4, -0.2) is 18.6 Å². The van der Waals surface area contributed by atoms with Gasteiger partial charge < -0.3 is 10.1 Å². The molecule has 1 heterocycles. The van der Waals surface area contributed by atoms with E-state index < -0.39 is 0 Å². The first-order valence-corrected chi connectivity index (χ1v) is 6.63. The summed E-state index contributed by atoms with van der Waals surface area (Å²) < 4.78 is 5.31. The van der Waals surface area contributed by atoms with Gasteiger partial charge in [-0.1, -0.05) is 19.1 Å². The maximum absolute atomic E-state index is 5.31. The Labute approximate surface area is 114 Å². The predicted octanol–water partition coefficient (Wildman–Crippen LogP) is 3.26. The summed E-state index contributed by atoms with van der Waals surface area (Å²) in [6, 6.07) is 10.2. The van der Waals surface area contributed by atoms with E-state index in [1.165, 1.54) is 11.1 Å². The van der Waals surface area contributed by atoms with E-state index in [9.17, 15) is 0 Å². The fraction of sp³-hybridized carbons (Fsp3) is 0.312. The molecule has 100 valence electrons. The van der Waals surface area contributed by atoms with Gasteiger partial charge in [-0.15, -0.1) is 0 Å². The first kappa shape index (κ1) is 13.6. The molecule has 0 aliphatic carbocycles. The van der Waals surface area contributed by atoms with Crippen LogP contribution >= 0.6 is 0 Å². The van der Waals surface area contributed by atoms with Crippen LogP contribution in [0.25, 0.3) is 11.1 Å². The highest BCUT2D eigenvalue weighted by Crippen LogP contribution is 2.26. The number of benzene rings is 1. The summed E-state index contributed by atoms with van der Waals surface area (Å²) in [6.45, 7) is 4.03. The summed E-state index contributed by atoms with van der Waals surface area (Å²) in [4.78, 5) is 4.19. The highest BCUT2D eigenvalue weighted by atomic mass is 16.5. The number of ether oxygens (including phenoxy) is 1. The van der Waals surface area contributed by atoms with E-state index >= 15 is 0 Å². The van der Waals surface area contributed by atoms with Crippen LogP contribution in [0.4, 0.5) is 0 Å². The lowest BCUT2D eigenvalue weighted by Gasteiger charge is -2.12. The summed E-state index contributed by atoms with van der Waals surface area (Å²) in [5, 5.41) is 3.44. The Balaban J connectivity index is 2.31. The first-order chi connectivity index (χ1) is 9.35. The van der Waals surface area contributed by atoms with Gasteiger partial charge in [0.2, 0.25) is 0 Å². The van der Waals surface area contributed by atoms with Crippen molar-refractivity contribution in [2.75, 3.05) is 13.7 Å². The van der Waals surface area contributed by atoms with Crippen LogP contribution in [0.15, 0.2) is 42.7 Å². The zero-order valence-corrected chi connectivity index (χ0v) is 11.5. The van der Waals surface area contributed by atoms with E-state index in [-0.39, 0.29) is 0 Å². The molecule has 0 saturated carbocycles. The van der Waals surface area contributed by atoms with E-state index in [1.54, 1.807) is 13.3 Å². The Morgan fingerprint density at radius 1 is 1.26 bits per heavy atom. The Bertz CT molecular complexity index is 511. The van der Waals surface area contributed by atoms with E-state index in [0.29, 0.717) is 0 Å². The Morgan fingerprint density at radius 2 is 2.16 bits per heavy atom. The molecule has 0 aliphatic rings. The SMILES string of the molecule is CCCNCc1cc(OC)ccc1-c1cccnc1. The number of methoxy groups -OCH3 is 1. The largest absolute Gasteiger partial charge is 0.497 e. The Morgan fingerprint density at radius 3 is 2.84 bits per heavy atom. The second-order valence-electron chi connectivity index (χ2n) is 4.44. The highest BCUT2D eigenvalue weighted by molar-refractivity contribution is 5.67. The van der Waals surface area contributed by atoms with Crippen LogP contribution in [0.3, 0.4) is 0 Å². The number of pyridine rings is 1. The molecule has 0 unspecified atom stereocenters. The molecule has 0 radical (unpaired) electrons. The molecular weight excluding hydrogens is 236 g/mol. The fourth-order valence-corrected chi connectivity index (χ4v) is 2.05. The first-order valence-electron chi connectivity index (χ1n) is 6.63. The van der Waals surface area contributed by atoms with E-state index in [0.717, 1.165) is 30.8 Å². The van der Waals surface area contributed by atoms with Gasteiger partial charge in [0, 0.05) is 24.5 Å². The predicted molar refractivity (Wildman–Crippen MR) is 78.2 cm³/mol. The molecule has 2 aromatic rings. The van der Waals surface area contributed by atoms with Gasteiger partial charge in [0.15, 0.2) is 0 Å². The molecule has 1 N–H and O–H groups in total. The van der Waals surface area contributed by atoms with Crippen molar-refractivity contribution in [3.8, 4) is 16.9 Å². The average Bonchev–Trinajstić information content (AvgIpc) is 2.48. The van der Waals surface area contributed by atoms with Gasteiger partial charge in [0.05, 0.1) is 7.11 Å². The number of aromatic nitrogens is 1. The summed E-state index contributed by atoms with van der Waals surface area (Å²) in [7, 11) is 1.70. The lowest BCUT2D eigenvalue weighted by Crippen LogP contribution is -2.14. The quantitative estimate of drug-likeness (QED) is 0.806. The Kier molecular flexibility index (Phi) is 4.93. The van der Waals surface area contributed by atoms with Crippen LogP contribution in [0.5, 0.6) is 5.75 Å². The van der Waals surface area contributed by atoms with Crippen LogP contribution in [0.1, 0.15) is 18.9 Å². The van der Waals surface area contributed by atoms with Crippen LogP contribution in [0, 0.1) is 0 Å². The van der Waals surface area contributed by atoms with Crippen molar-refractivity contribution in [2.24, 2.45) is 0 Å². The molecule has 3 nitrogen and oxygen atoms in total. The molecule has 2 rings (SSSR count). The molecule has 1 aromatic carbocycles. The van der Waals surface area contributed by atoms with Crippen molar-refractivity contribution < 1.29 is 4.74 Å². The van der Waals surface area contributed by atoms with Crippen molar-refractivity contribution in [3.63, 3.8) is 0 Å². The zero-order valence-electron chi connectivity index (χ0n) is 11.5. The monoisotopic (exact) mass is 256 g/mol. The minimum atomic E-state index is 0.843. The standard InChI is InChI=1S/C16H20N2O/c1-3-8-17-12-14-10-15(19-2)6-7-16(14)13-5-4-9-18-11-13/h4-7,9-11,17H,3,8,12H2,1-2H3. The van der Waals surface area contributed by atoms with E-state index in [2.05, 4.69) is 35.4 Å². The average molecular weight is 256 g/mol. The lowest BCUT2D eigenvalue weighted by molar-refractivity contribution is 0.414. The van der Waals surface area contributed by atoms with Crippen molar-refractivity contribution in [3.05, 3.63) is 48.3 Å². The third-order valence-electron chi connectivity index (χ3n) is 3.03. The number of rotatable bonds is 6. The molecule has 0 saturated heterocycles. The summed E-state index contributed by atoms with van der Waals surface area (Å²) >= 11 is 0. The molecule has 19 heavy (non-hydrogen) atoms. The van der Waals surface area contributed by atoms with Crippen molar-refractivity contribution in [1.82, 2.24) is 10.3 Å². The third-order valence-corrected chi connectivity index (χ3v) is 3.03. The molecular formula is C16H20N2O. The van der Waals surface area contributed by atoms with Crippen molar-refractivity contribution in [1.29, 1.82) is 0 Å². The van der Waals surface area contributed by atoms with Gasteiger partial charge in [0.1, 0.15) is 5.75 Å². The molecule has 3 heteroatoms. The van der Waals surface area contributed by atoms with E-state index in [4.69, 9.17) is 4.74 Å². The maximum atomic E-state index is 5.31. The van der Waals surface area contributed by atoms with Gasteiger partial charge in [-0.25, -0.2) is 0 Å². The molecule has 0 bridgehead atoms. The topological polar surface area (TPSA) is 34.1 Å². The smallest absolute Gasteiger partial charge is 0.119 e. The summed E-state index contributed by atoms with van der Waals surface area (Å²) in [6.07, 6.45) is 4.82. The van der Waals surface area contributed by atoms with Gasteiger partial charge in [-0.3, -0.25) is 4.98 Å². The fourth-order valence-electron chi connectivity index (χ4n) is 2.05. The molecule has 0 amide bonds. The summed E-state index contributed by atoms with van der Waals surface area (Å²) in [5.41, 5.74) is 3.58. The zero-order chi connectivity index (χ0) is 13.5. The van der Waals surface area contributed by atoms with Gasteiger partial charge >= 0.3 is 0 Å². The number of hydrogen-bond acceptors (Lipinski definition) is 3. The minimum Gasteiger partial charge on any atom is -0.497 e. The third kappa shape index (κ3) is 3.55. The van der Waals surface area contributed by atoms with Gasteiger partial charge in [-0.05, 0) is 42.3 Å². The maximum Gasteiger partial charge on any atom is 0.119 e. The van der Waals surface area contributed by atoms with E-state index in [1.807, 2.05) is 18.3 Å². The minimum absolute atomic E-state index is 0.843. The summed E-state index contributed by atoms with van der Waals surface area (Å²) in [5.74, 6) is 0.890. The van der Waals surface area contributed by atoms with Crippen molar-refractivity contribution >= 4 is 0 Å². The molecule has 0 atom stereocenters. The lowest BCUT2D eigenvalue weighted by atomic mass is 10.0. The number of nitrogens with zero attached hydrogens (tertiary/aromatic N) is 1. The number of nitrogens with one attached hydrogen (secondary N) is 1. The van der Waals surface area contributed by atoms with Gasteiger partial charge in [-0.2, -0.15) is 0 Å². The second-order valence-corrected chi connectivity index (χ2v) is 4.44.